The van der Waals surface area contributed by atoms with Crippen molar-refractivity contribution in [3.8, 4) is 0 Å². The molecule has 0 fully saturated rings. The van der Waals surface area contributed by atoms with Crippen LogP contribution in [0.4, 0.5) is 0 Å². The van der Waals surface area contributed by atoms with E-state index in [1.54, 1.807) is 0 Å². The third-order valence-corrected chi connectivity index (χ3v) is 4.92. The zero-order valence-corrected chi connectivity index (χ0v) is 14.0. The summed E-state index contributed by atoms with van der Waals surface area (Å²) >= 11 is 1.86. The van der Waals surface area contributed by atoms with E-state index >= 15 is 0 Å². The van der Waals surface area contributed by atoms with Gasteiger partial charge in [-0.1, -0.05) is 24.6 Å². The molecule has 2 heteroatoms. The number of nitrogens with one attached hydrogen (secondary N) is 1. The molecule has 0 aliphatic carbocycles. The molecule has 2 rings (SSSR count). The van der Waals surface area contributed by atoms with Crippen molar-refractivity contribution in [1.82, 2.24) is 5.32 Å². The van der Waals surface area contributed by atoms with Crippen molar-refractivity contribution in [1.29, 1.82) is 0 Å². The molecule has 0 radical (unpaired) electrons. The summed E-state index contributed by atoms with van der Waals surface area (Å²) < 4.78 is 0. The Balaban J connectivity index is 2.11. The monoisotopic (exact) mass is 287 g/mol. The Morgan fingerprint density at radius 3 is 2.40 bits per heavy atom. The van der Waals surface area contributed by atoms with Gasteiger partial charge < -0.3 is 5.32 Å². The zero-order chi connectivity index (χ0) is 14.7. The largest absolute Gasteiger partial charge is 0.305 e. The lowest BCUT2D eigenvalue weighted by molar-refractivity contribution is 0.572. The average molecular weight is 287 g/mol. The van der Waals surface area contributed by atoms with Crippen LogP contribution < -0.4 is 5.32 Å². The van der Waals surface area contributed by atoms with E-state index in [4.69, 9.17) is 0 Å². The van der Waals surface area contributed by atoms with Gasteiger partial charge in [0.15, 0.2) is 0 Å². The van der Waals surface area contributed by atoms with E-state index in [1.807, 2.05) is 11.3 Å². The van der Waals surface area contributed by atoms with Gasteiger partial charge in [0.25, 0.3) is 0 Å². The minimum Gasteiger partial charge on any atom is -0.305 e. The molecule has 1 aromatic carbocycles. The van der Waals surface area contributed by atoms with Crippen molar-refractivity contribution in [2.24, 2.45) is 0 Å². The standard InChI is InChI=1S/C18H25NS/c1-6-16-7-8-20-17(16)11-19-15(5)18-13(3)9-12(2)10-14(18)4/h7-10,15,19H,6,11H2,1-5H3. The van der Waals surface area contributed by atoms with Crippen LogP contribution in [0.2, 0.25) is 0 Å². The highest BCUT2D eigenvalue weighted by atomic mass is 32.1. The van der Waals surface area contributed by atoms with Crippen LogP contribution in [0.3, 0.4) is 0 Å². The predicted molar refractivity (Wildman–Crippen MR) is 89.6 cm³/mol. The summed E-state index contributed by atoms with van der Waals surface area (Å²) in [6, 6.07) is 7.20. The van der Waals surface area contributed by atoms with Crippen molar-refractivity contribution in [3.05, 3.63) is 56.3 Å². The third kappa shape index (κ3) is 3.31. The SMILES string of the molecule is CCc1ccsc1CNC(C)c1c(C)cc(C)cc1C. The molecule has 1 aromatic heterocycles. The molecular weight excluding hydrogens is 262 g/mol. The molecule has 1 nitrogen and oxygen atoms in total. The fourth-order valence-corrected chi connectivity index (χ4v) is 3.99. The van der Waals surface area contributed by atoms with Gasteiger partial charge >= 0.3 is 0 Å². The first kappa shape index (κ1) is 15.3. The van der Waals surface area contributed by atoms with Gasteiger partial charge in [-0.05, 0) is 67.8 Å². The van der Waals surface area contributed by atoms with Gasteiger partial charge in [0.1, 0.15) is 0 Å². The van der Waals surface area contributed by atoms with E-state index < -0.39 is 0 Å². The summed E-state index contributed by atoms with van der Waals surface area (Å²) in [6.45, 7) is 12.1. The fourth-order valence-electron chi connectivity index (χ4n) is 3.06. The summed E-state index contributed by atoms with van der Waals surface area (Å²) in [6.07, 6.45) is 1.12. The first-order valence-electron chi connectivity index (χ1n) is 7.39. The molecule has 0 saturated heterocycles. The van der Waals surface area contributed by atoms with Crippen LogP contribution >= 0.6 is 11.3 Å². The molecule has 1 unspecified atom stereocenters. The topological polar surface area (TPSA) is 12.0 Å². The summed E-state index contributed by atoms with van der Waals surface area (Å²) in [5, 5.41) is 5.88. The molecule has 0 spiro atoms. The van der Waals surface area contributed by atoms with Gasteiger partial charge in [0, 0.05) is 17.5 Å². The fraction of sp³-hybridized carbons (Fsp3) is 0.444. The predicted octanol–water partition coefficient (Wildman–Crippen LogP) is 5.09. The van der Waals surface area contributed by atoms with Crippen molar-refractivity contribution in [3.63, 3.8) is 0 Å². The zero-order valence-electron chi connectivity index (χ0n) is 13.2. The van der Waals surface area contributed by atoms with Crippen molar-refractivity contribution in [2.75, 3.05) is 0 Å². The first-order chi connectivity index (χ1) is 9.52. The summed E-state index contributed by atoms with van der Waals surface area (Å²) in [5.74, 6) is 0. The summed E-state index contributed by atoms with van der Waals surface area (Å²) in [7, 11) is 0. The first-order valence-corrected chi connectivity index (χ1v) is 8.27. The second-order valence-corrected chi connectivity index (χ2v) is 6.64. The second kappa shape index (κ2) is 6.55. The highest BCUT2D eigenvalue weighted by molar-refractivity contribution is 7.10. The average Bonchev–Trinajstić information content (AvgIpc) is 2.82. The highest BCUT2D eigenvalue weighted by Crippen LogP contribution is 2.24. The quantitative estimate of drug-likeness (QED) is 0.808. The van der Waals surface area contributed by atoms with Crippen LogP contribution in [-0.2, 0) is 13.0 Å². The van der Waals surface area contributed by atoms with Crippen LogP contribution in [0.1, 0.15) is 52.6 Å². The van der Waals surface area contributed by atoms with Gasteiger partial charge in [-0.3, -0.25) is 0 Å². The second-order valence-electron chi connectivity index (χ2n) is 5.64. The molecule has 108 valence electrons. The van der Waals surface area contributed by atoms with Crippen molar-refractivity contribution >= 4 is 11.3 Å². The Morgan fingerprint density at radius 2 is 1.80 bits per heavy atom. The molecule has 0 saturated carbocycles. The lowest BCUT2D eigenvalue weighted by atomic mass is 9.95. The number of aryl methyl sites for hydroxylation is 4. The molecule has 0 amide bonds. The number of thiophene rings is 1. The Hall–Kier alpha value is -1.12. The number of hydrogen-bond acceptors (Lipinski definition) is 2. The van der Waals surface area contributed by atoms with Gasteiger partial charge in [0.05, 0.1) is 0 Å². The van der Waals surface area contributed by atoms with Crippen molar-refractivity contribution in [2.45, 2.75) is 53.6 Å². The van der Waals surface area contributed by atoms with E-state index in [9.17, 15) is 0 Å². The Labute approximate surface area is 127 Å². The van der Waals surface area contributed by atoms with Gasteiger partial charge in [-0.15, -0.1) is 11.3 Å². The smallest absolute Gasteiger partial charge is 0.0308 e. The molecular formula is C18H25NS. The van der Waals surface area contributed by atoms with Gasteiger partial charge in [0.2, 0.25) is 0 Å². The summed E-state index contributed by atoms with van der Waals surface area (Å²) in [5.41, 5.74) is 7.06. The lowest BCUT2D eigenvalue weighted by Gasteiger charge is -2.20. The number of hydrogen-bond donors (Lipinski definition) is 1. The maximum atomic E-state index is 3.69. The van der Waals surface area contributed by atoms with Crippen LogP contribution in [0, 0.1) is 20.8 Å². The van der Waals surface area contributed by atoms with Crippen LogP contribution in [-0.4, -0.2) is 0 Å². The van der Waals surface area contributed by atoms with Crippen LogP contribution in [0.15, 0.2) is 23.6 Å². The number of benzene rings is 1. The van der Waals surface area contributed by atoms with E-state index in [0.717, 1.165) is 13.0 Å². The van der Waals surface area contributed by atoms with Gasteiger partial charge in [-0.2, -0.15) is 0 Å². The molecule has 1 atom stereocenters. The Bertz CT molecular complexity index is 560. The summed E-state index contributed by atoms with van der Waals surface area (Å²) in [4.78, 5) is 1.47. The van der Waals surface area contributed by atoms with Crippen LogP contribution in [0.25, 0.3) is 0 Å². The lowest BCUT2D eigenvalue weighted by Crippen LogP contribution is -2.20. The maximum Gasteiger partial charge on any atom is 0.0308 e. The molecule has 1 heterocycles. The minimum atomic E-state index is 0.391. The van der Waals surface area contributed by atoms with Crippen molar-refractivity contribution < 1.29 is 0 Å². The van der Waals surface area contributed by atoms with E-state index in [2.05, 4.69) is 63.5 Å². The molecule has 1 N–H and O–H groups in total. The molecule has 0 bridgehead atoms. The normalized spacial score (nSPS) is 12.7. The molecule has 0 aliphatic rings. The van der Waals surface area contributed by atoms with E-state index in [1.165, 1.54) is 32.7 Å². The minimum absolute atomic E-state index is 0.391. The highest BCUT2D eigenvalue weighted by Gasteiger charge is 2.12. The molecule has 0 aliphatic heterocycles. The Kier molecular flexibility index (Phi) is 5.00. The van der Waals surface area contributed by atoms with Gasteiger partial charge in [-0.25, -0.2) is 0 Å². The third-order valence-electron chi connectivity index (χ3n) is 3.96. The molecule has 2 aromatic rings. The Morgan fingerprint density at radius 1 is 1.15 bits per heavy atom. The molecule has 20 heavy (non-hydrogen) atoms. The maximum absolute atomic E-state index is 3.69. The van der Waals surface area contributed by atoms with E-state index in [0.29, 0.717) is 6.04 Å². The van der Waals surface area contributed by atoms with E-state index in [-0.39, 0.29) is 0 Å². The number of rotatable bonds is 5. The van der Waals surface area contributed by atoms with Crippen LogP contribution in [0.5, 0.6) is 0 Å².